The summed E-state index contributed by atoms with van der Waals surface area (Å²) in [6.45, 7) is 4.30. The van der Waals surface area contributed by atoms with E-state index in [1.54, 1.807) is 6.08 Å². The molecule has 3 rings (SSSR count). The average Bonchev–Trinajstić information content (AvgIpc) is 2.99. The SMILES string of the molecule is C=CCN1C(=O)/C(=C\c2ccc3c(c2)OCO3)SC1=S. The van der Waals surface area contributed by atoms with Crippen LogP contribution in [0, 0.1) is 0 Å². The Morgan fingerprint density at radius 3 is 3.00 bits per heavy atom. The summed E-state index contributed by atoms with van der Waals surface area (Å²) in [5, 5.41) is 0. The summed E-state index contributed by atoms with van der Waals surface area (Å²) in [4.78, 5) is 14.3. The van der Waals surface area contributed by atoms with E-state index in [2.05, 4.69) is 6.58 Å². The van der Waals surface area contributed by atoms with Gasteiger partial charge in [-0.15, -0.1) is 6.58 Å². The molecule has 102 valence electrons. The Labute approximate surface area is 126 Å². The molecule has 2 aliphatic rings. The quantitative estimate of drug-likeness (QED) is 0.488. The van der Waals surface area contributed by atoms with Crippen molar-refractivity contribution in [2.45, 2.75) is 0 Å². The van der Waals surface area contributed by atoms with Crippen LogP contribution in [0.4, 0.5) is 0 Å². The highest BCUT2D eigenvalue weighted by Gasteiger charge is 2.31. The van der Waals surface area contributed by atoms with Gasteiger partial charge >= 0.3 is 0 Å². The van der Waals surface area contributed by atoms with Crippen LogP contribution in [0.25, 0.3) is 6.08 Å². The largest absolute Gasteiger partial charge is 0.454 e. The van der Waals surface area contributed by atoms with Gasteiger partial charge in [0, 0.05) is 6.54 Å². The molecule has 2 aliphatic heterocycles. The monoisotopic (exact) mass is 305 g/mol. The van der Waals surface area contributed by atoms with Gasteiger partial charge in [0.15, 0.2) is 11.5 Å². The molecule has 6 heteroatoms. The second kappa shape index (κ2) is 5.30. The van der Waals surface area contributed by atoms with Crippen LogP contribution in [0.1, 0.15) is 5.56 Å². The Morgan fingerprint density at radius 1 is 1.40 bits per heavy atom. The molecule has 0 N–H and O–H groups in total. The first kappa shape index (κ1) is 13.2. The molecule has 2 heterocycles. The first-order valence-electron chi connectivity index (χ1n) is 5.95. The van der Waals surface area contributed by atoms with Crippen molar-refractivity contribution in [3.63, 3.8) is 0 Å². The van der Waals surface area contributed by atoms with Gasteiger partial charge in [-0.25, -0.2) is 0 Å². The number of amides is 1. The fourth-order valence-electron chi connectivity index (χ4n) is 1.94. The van der Waals surface area contributed by atoms with Gasteiger partial charge in [0.1, 0.15) is 4.32 Å². The molecule has 1 saturated heterocycles. The standard InChI is InChI=1S/C14H11NO3S2/c1-2-5-15-13(16)12(20-14(15)19)7-9-3-4-10-11(6-9)18-8-17-10/h2-4,6-7H,1,5,8H2/b12-7+. The lowest BCUT2D eigenvalue weighted by Gasteiger charge is -2.10. The molecule has 0 spiro atoms. The summed E-state index contributed by atoms with van der Waals surface area (Å²) >= 11 is 6.49. The van der Waals surface area contributed by atoms with Gasteiger partial charge in [0.2, 0.25) is 6.79 Å². The van der Waals surface area contributed by atoms with Gasteiger partial charge in [0.25, 0.3) is 5.91 Å². The number of thiocarbonyl (C=S) groups is 1. The molecule has 1 aromatic rings. The number of hydrogen-bond acceptors (Lipinski definition) is 5. The van der Waals surface area contributed by atoms with E-state index in [4.69, 9.17) is 21.7 Å². The van der Waals surface area contributed by atoms with Crippen LogP contribution in [-0.4, -0.2) is 28.5 Å². The van der Waals surface area contributed by atoms with Gasteiger partial charge in [-0.05, 0) is 23.8 Å². The van der Waals surface area contributed by atoms with Crippen molar-refractivity contribution < 1.29 is 14.3 Å². The molecule has 20 heavy (non-hydrogen) atoms. The molecule has 1 amide bonds. The van der Waals surface area contributed by atoms with Crippen LogP contribution in [0.2, 0.25) is 0 Å². The third-order valence-electron chi connectivity index (χ3n) is 2.88. The summed E-state index contributed by atoms with van der Waals surface area (Å²) in [5.41, 5.74) is 0.883. The van der Waals surface area contributed by atoms with Gasteiger partial charge in [-0.1, -0.05) is 36.1 Å². The van der Waals surface area contributed by atoms with Gasteiger partial charge in [-0.3, -0.25) is 9.69 Å². The Hall–Kier alpha value is -1.79. The number of thioether (sulfide) groups is 1. The van der Waals surface area contributed by atoms with Crippen molar-refractivity contribution in [2.24, 2.45) is 0 Å². The number of nitrogens with zero attached hydrogens (tertiary/aromatic N) is 1. The van der Waals surface area contributed by atoms with Crippen LogP contribution in [0.3, 0.4) is 0 Å². The lowest BCUT2D eigenvalue weighted by molar-refractivity contribution is -0.121. The number of fused-ring (bicyclic) bond motifs is 1. The second-order valence-corrected chi connectivity index (χ2v) is 5.87. The van der Waals surface area contributed by atoms with Crippen molar-refractivity contribution in [1.29, 1.82) is 0 Å². The molecule has 0 bridgehead atoms. The molecule has 0 saturated carbocycles. The molecule has 1 aromatic carbocycles. The fourth-order valence-corrected chi connectivity index (χ4v) is 3.22. The summed E-state index contributed by atoms with van der Waals surface area (Å²) in [5.74, 6) is 1.33. The number of benzene rings is 1. The first-order valence-corrected chi connectivity index (χ1v) is 7.17. The maximum absolute atomic E-state index is 12.2. The highest BCUT2D eigenvalue weighted by atomic mass is 32.2. The minimum absolute atomic E-state index is 0.0856. The van der Waals surface area contributed by atoms with E-state index in [-0.39, 0.29) is 12.7 Å². The molecule has 1 fully saturated rings. The van der Waals surface area contributed by atoms with E-state index in [1.807, 2.05) is 24.3 Å². The van der Waals surface area contributed by atoms with Crippen molar-refractivity contribution in [1.82, 2.24) is 4.90 Å². The minimum Gasteiger partial charge on any atom is -0.454 e. The second-order valence-electron chi connectivity index (χ2n) is 4.19. The summed E-state index contributed by atoms with van der Waals surface area (Å²) in [7, 11) is 0. The van der Waals surface area contributed by atoms with Crippen LogP contribution in [0.5, 0.6) is 11.5 Å². The number of ether oxygens (including phenoxy) is 2. The lowest BCUT2D eigenvalue weighted by Crippen LogP contribution is -2.27. The van der Waals surface area contributed by atoms with Gasteiger partial charge in [-0.2, -0.15) is 0 Å². The zero-order valence-corrected chi connectivity index (χ0v) is 12.1. The topological polar surface area (TPSA) is 38.8 Å². The highest BCUT2D eigenvalue weighted by Crippen LogP contribution is 2.36. The van der Waals surface area contributed by atoms with Gasteiger partial charge in [0.05, 0.1) is 4.91 Å². The fraction of sp³-hybridized carbons (Fsp3) is 0.143. The zero-order valence-electron chi connectivity index (χ0n) is 10.5. The molecule has 0 aliphatic carbocycles. The van der Waals surface area contributed by atoms with E-state index >= 15 is 0 Å². The lowest BCUT2D eigenvalue weighted by atomic mass is 10.2. The zero-order chi connectivity index (χ0) is 14.1. The molecule has 0 radical (unpaired) electrons. The molecule has 0 unspecified atom stereocenters. The average molecular weight is 305 g/mol. The Balaban J connectivity index is 1.87. The van der Waals surface area contributed by atoms with Crippen LogP contribution < -0.4 is 9.47 Å². The Morgan fingerprint density at radius 2 is 2.20 bits per heavy atom. The van der Waals surface area contributed by atoms with Crippen LogP contribution in [-0.2, 0) is 4.79 Å². The van der Waals surface area contributed by atoms with Gasteiger partial charge < -0.3 is 9.47 Å². The predicted octanol–water partition coefficient (Wildman–Crippen LogP) is 2.80. The first-order chi connectivity index (χ1) is 9.69. The maximum Gasteiger partial charge on any atom is 0.266 e. The van der Waals surface area contributed by atoms with Crippen molar-refractivity contribution in [3.05, 3.63) is 41.3 Å². The molecule has 4 nitrogen and oxygen atoms in total. The number of carbonyl (C=O) groups is 1. The van der Waals surface area contributed by atoms with Crippen molar-refractivity contribution >= 4 is 40.3 Å². The molecule has 0 aromatic heterocycles. The minimum atomic E-state index is -0.0856. The smallest absolute Gasteiger partial charge is 0.266 e. The normalized spacial score (nSPS) is 19.0. The van der Waals surface area contributed by atoms with E-state index in [9.17, 15) is 4.79 Å². The Kier molecular flexibility index (Phi) is 3.50. The van der Waals surface area contributed by atoms with Crippen LogP contribution >= 0.6 is 24.0 Å². The number of hydrogen-bond donors (Lipinski definition) is 0. The van der Waals surface area contributed by atoms with E-state index in [0.29, 0.717) is 21.5 Å². The number of rotatable bonds is 3. The number of carbonyl (C=O) groups excluding carboxylic acids is 1. The van der Waals surface area contributed by atoms with Crippen molar-refractivity contribution in [2.75, 3.05) is 13.3 Å². The van der Waals surface area contributed by atoms with E-state index in [1.165, 1.54) is 16.7 Å². The highest BCUT2D eigenvalue weighted by molar-refractivity contribution is 8.26. The maximum atomic E-state index is 12.2. The third kappa shape index (κ3) is 2.32. The third-order valence-corrected chi connectivity index (χ3v) is 4.26. The summed E-state index contributed by atoms with van der Waals surface area (Å²) in [6.07, 6.45) is 3.47. The predicted molar refractivity (Wildman–Crippen MR) is 82.6 cm³/mol. The van der Waals surface area contributed by atoms with Crippen molar-refractivity contribution in [3.8, 4) is 11.5 Å². The molecule has 0 atom stereocenters. The van der Waals surface area contributed by atoms with Crippen LogP contribution in [0.15, 0.2) is 35.8 Å². The van der Waals surface area contributed by atoms with E-state index in [0.717, 1.165) is 11.3 Å². The molecular weight excluding hydrogens is 294 g/mol. The Bertz CT molecular complexity index is 639. The molecular formula is C14H11NO3S2. The van der Waals surface area contributed by atoms with E-state index < -0.39 is 0 Å². The summed E-state index contributed by atoms with van der Waals surface area (Å²) < 4.78 is 11.1. The summed E-state index contributed by atoms with van der Waals surface area (Å²) in [6, 6.07) is 5.56.